The summed E-state index contributed by atoms with van der Waals surface area (Å²) in [5.74, 6) is 1.28. The van der Waals surface area contributed by atoms with Gasteiger partial charge in [-0.15, -0.1) is 0 Å². The Morgan fingerprint density at radius 3 is 2.90 bits per heavy atom. The van der Waals surface area contributed by atoms with E-state index in [-0.39, 0.29) is 6.04 Å². The third-order valence-corrected chi connectivity index (χ3v) is 4.20. The highest BCUT2D eigenvalue weighted by Gasteiger charge is 2.28. The van der Waals surface area contributed by atoms with Crippen molar-refractivity contribution in [2.75, 3.05) is 39.5 Å². The fourth-order valence-corrected chi connectivity index (χ4v) is 2.65. The van der Waals surface area contributed by atoms with Gasteiger partial charge in [-0.2, -0.15) is 4.98 Å². The molecule has 21 heavy (non-hydrogen) atoms. The molecule has 1 aliphatic rings. The molecule has 0 saturated carbocycles. The van der Waals surface area contributed by atoms with Crippen LogP contribution in [0.5, 0.6) is 0 Å². The van der Waals surface area contributed by atoms with E-state index in [1.54, 1.807) is 0 Å². The summed E-state index contributed by atoms with van der Waals surface area (Å²) in [7, 11) is 4.21. The van der Waals surface area contributed by atoms with Crippen molar-refractivity contribution in [2.45, 2.75) is 13.0 Å². The summed E-state index contributed by atoms with van der Waals surface area (Å²) in [5, 5.41) is 4.18. The summed E-state index contributed by atoms with van der Waals surface area (Å²) in [5.41, 5.74) is 8.56. The normalized spacial score (nSPS) is 20.8. The summed E-state index contributed by atoms with van der Waals surface area (Å²) in [6.07, 6.45) is 0. The van der Waals surface area contributed by atoms with Gasteiger partial charge in [0.15, 0.2) is 5.82 Å². The molecule has 2 heterocycles. The Kier molecular flexibility index (Phi) is 3.65. The van der Waals surface area contributed by atoms with E-state index in [1.165, 1.54) is 0 Å². The lowest BCUT2D eigenvalue weighted by molar-refractivity contribution is 0.108. The number of likely N-dealkylation sites (N-methyl/N-ethyl adjacent to an activating group) is 2. The predicted octanol–water partition coefficient (Wildman–Crippen LogP) is 1.55. The number of piperazine rings is 1. The Balaban J connectivity index is 1.91. The van der Waals surface area contributed by atoms with Crippen LogP contribution in [0.2, 0.25) is 0 Å². The van der Waals surface area contributed by atoms with Crippen LogP contribution >= 0.6 is 0 Å². The summed E-state index contributed by atoms with van der Waals surface area (Å²) in [4.78, 5) is 9.14. The lowest BCUT2D eigenvalue weighted by Gasteiger charge is -2.35. The van der Waals surface area contributed by atoms with Crippen molar-refractivity contribution in [1.82, 2.24) is 19.9 Å². The van der Waals surface area contributed by atoms with E-state index < -0.39 is 0 Å². The summed E-state index contributed by atoms with van der Waals surface area (Å²) < 4.78 is 5.46. The van der Waals surface area contributed by atoms with Gasteiger partial charge in [0, 0.05) is 30.9 Å². The van der Waals surface area contributed by atoms with Gasteiger partial charge in [0.1, 0.15) is 0 Å². The van der Waals surface area contributed by atoms with Crippen LogP contribution < -0.4 is 5.73 Å². The Morgan fingerprint density at radius 2 is 2.10 bits per heavy atom. The Hall–Kier alpha value is -1.92. The van der Waals surface area contributed by atoms with E-state index in [4.69, 9.17) is 10.3 Å². The van der Waals surface area contributed by atoms with Crippen LogP contribution in [0.3, 0.4) is 0 Å². The Bertz CT molecular complexity index is 639. The number of rotatable bonds is 2. The number of nitrogens with two attached hydrogens (primary N) is 1. The van der Waals surface area contributed by atoms with Crippen LogP contribution in [0.15, 0.2) is 22.7 Å². The zero-order valence-corrected chi connectivity index (χ0v) is 12.7. The van der Waals surface area contributed by atoms with Crippen LogP contribution in [-0.2, 0) is 0 Å². The minimum Gasteiger partial charge on any atom is -0.398 e. The van der Waals surface area contributed by atoms with Gasteiger partial charge in [-0.3, -0.25) is 4.90 Å². The highest BCUT2D eigenvalue weighted by Crippen LogP contribution is 2.28. The average molecular weight is 287 g/mol. The SMILES string of the molecule is Cc1c(N)cccc1-c1nc(C2CN(C)CCN2C)no1. The first-order valence-corrected chi connectivity index (χ1v) is 7.14. The maximum Gasteiger partial charge on any atom is 0.258 e. The molecule has 3 rings (SSSR count). The maximum absolute atomic E-state index is 5.94. The molecule has 1 aliphatic heterocycles. The van der Waals surface area contributed by atoms with Gasteiger partial charge in [0.05, 0.1) is 6.04 Å². The summed E-state index contributed by atoms with van der Waals surface area (Å²) in [6.45, 7) is 4.94. The Labute approximate surface area is 124 Å². The van der Waals surface area contributed by atoms with Crippen molar-refractivity contribution in [2.24, 2.45) is 0 Å². The van der Waals surface area contributed by atoms with Gasteiger partial charge >= 0.3 is 0 Å². The van der Waals surface area contributed by atoms with Crippen molar-refractivity contribution < 1.29 is 4.52 Å². The largest absolute Gasteiger partial charge is 0.398 e. The number of hydrogen-bond acceptors (Lipinski definition) is 6. The van der Waals surface area contributed by atoms with Crippen LogP contribution in [0.4, 0.5) is 5.69 Å². The second-order valence-electron chi connectivity index (χ2n) is 5.74. The number of anilines is 1. The maximum atomic E-state index is 5.94. The monoisotopic (exact) mass is 287 g/mol. The van der Waals surface area contributed by atoms with Crippen LogP contribution in [0.25, 0.3) is 11.5 Å². The third kappa shape index (κ3) is 2.64. The van der Waals surface area contributed by atoms with E-state index in [2.05, 4.69) is 34.0 Å². The Morgan fingerprint density at radius 1 is 1.29 bits per heavy atom. The smallest absolute Gasteiger partial charge is 0.258 e. The van der Waals surface area contributed by atoms with Crippen molar-refractivity contribution in [3.63, 3.8) is 0 Å². The lowest BCUT2D eigenvalue weighted by Crippen LogP contribution is -2.45. The molecule has 0 radical (unpaired) electrons. The number of nitrogen functional groups attached to an aromatic ring is 1. The molecular weight excluding hydrogens is 266 g/mol. The molecule has 0 amide bonds. The second kappa shape index (κ2) is 5.46. The number of benzene rings is 1. The molecule has 1 aromatic carbocycles. The standard InChI is InChI=1S/C15H21N5O/c1-10-11(5-4-6-12(10)16)15-17-14(18-21-15)13-9-19(2)7-8-20(13)3/h4-6,13H,7-9,16H2,1-3H3. The van der Waals surface area contributed by atoms with E-state index >= 15 is 0 Å². The van der Waals surface area contributed by atoms with Gasteiger partial charge in [-0.05, 0) is 38.7 Å². The molecule has 0 bridgehead atoms. The molecule has 1 aromatic heterocycles. The van der Waals surface area contributed by atoms with E-state index in [0.29, 0.717) is 5.89 Å². The van der Waals surface area contributed by atoms with Crippen LogP contribution in [0.1, 0.15) is 17.4 Å². The minimum absolute atomic E-state index is 0.169. The summed E-state index contributed by atoms with van der Waals surface area (Å²) >= 11 is 0. The molecule has 0 spiro atoms. The third-order valence-electron chi connectivity index (χ3n) is 4.20. The average Bonchev–Trinajstić information content (AvgIpc) is 2.94. The molecule has 1 unspecified atom stereocenters. The molecule has 6 heteroatoms. The molecule has 1 fully saturated rings. The van der Waals surface area contributed by atoms with Gasteiger partial charge in [0.2, 0.25) is 0 Å². The first kappa shape index (κ1) is 14.0. The van der Waals surface area contributed by atoms with Gasteiger partial charge < -0.3 is 15.2 Å². The molecule has 1 saturated heterocycles. The molecule has 2 N–H and O–H groups in total. The van der Waals surface area contributed by atoms with E-state index in [1.807, 2.05) is 25.1 Å². The lowest BCUT2D eigenvalue weighted by atomic mass is 10.1. The first-order chi connectivity index (χ1) is 10.1. The van der Waals surface area contributed by atoms with Gasteiger partial charge in [0.25, 0.3) is 5.89 Å². The number of nitrogens with zero attached hydrogens (tertiary/aromatic N) is 4. The molecule has 6 nitrogen and oxygen atoms in total. The van der Waals surface area contributed by atoms with Crippen molar-refractivity contribution in [3.8, 4) is 11.5 Å². The molecule has 112 valence electrons. The summed E-state index contributed by atoms with van der Waals surface area (Å²) in [6, 6.07) is 5.91. The van der Waals surface area contributed by atoms with Gasteiger partial charge in [-0.25, -0.2) is 0 Å². The zero-order chi connectivity index (χ0) is 15.0. The number of hydrogen-bond donors (Lipinski definition) is 1. The fraction of sp³-hybridized carbons (Fsp3) is 0.467. The number of aromatic nitrogens is 2. The second-order valence-corrected chi connectivity index (χ2v) is 5.74. The fourth-order valence-electron chi connectivity index (χ4n) is 2.65. The van der Waals surface area contributed by atoms with Crippen LogP contribution in [0, 0.1) is 6.92 Å². The minimum atomic E-state index is 0.169. The quantitative estimate of drug-likeness (QED) is 0.845. The first-order valence-electron chi connectivity index (χ1n) is 7.14. The van der Waals surface area contributed by atoms with Crippen molar-refractivity contribution >= 4 is 5.69 Å². The van der Waals surface area contributed by atoms with Crippen molar-refractivity contribution in [3.05, 3.63) is 29.6 Å². The van der Waals surface area contributed by atoms with E-state index in [0.717, 1.165) is 42.3 Å². The predicted molar refractivity (Wildman–Crippen MR) is 81.8 cm³/mol. The molecule has 1 atom stereocenters. The zero-order valence-electron chi connectivity index (χ0n) is 12.7. The van der Waals surface area contributed by atoms with Crippen LogP contribution in [-0.4, -0.2) is 53.7 Å². The molecule has 0 aliphatic carbocycles. The van der Waals surface area contributed by atoms with E-state index in [9.17, 15) is 0 Å². The topological polar surface area (TPSA) is 71.4 Å². The highest BCUT2D eigenvalue weighted by molar-refractivity contribution is 5.66. The van der Waals surface area contributed by atoms with Crippen molar-refractivity contribution in [1.29, 1.82) is 0 Å². The molecule has 2 aromatic rings. The molecular formula is C15H21N5O. The highest BCUT2D eigenvalue weighted by atomic mass is 16.5. The van der Waals surface area contributed by atoms with Gasteiger partial charge in [-0.1, -0.05) is 11.2 Å².